The maximum atomic E-state index is 12.9. The largest absolute Gasteiger partial charge is 0.336 e. The van der Waals surface area contributed by atoms with E-state index in [1.54, 1.807) is 17.8 Å². The molecule has 148 valence electrons. The topological polar surface area (TPSA) is 52.6 Å². The fraction of sp³-hybridized carbons (Fsp3) is 0.364. The third kappa shape index (κ3) is 5.14. The Morgan fingerprint density at radius 2 is 1.71 bits per heavy atom. The van der Waals surface area contributed by atoms with E-state index in [1.165, 1.54) is 12.5 Å². The van der Waals surface area contributed by atoms with Gasteiger partial charge in [-0.15, -0.1) is 0 Å². The molecule has 2 aromatic rings. The zero-order chi connectivity index (χ0) is 20.1. The number of rotatable bonds is 5. The smallest absolute Gasteiger partial charge is 0.254 e. The molecule has 0 aromatic heterocycles. The lowest BCUT2D eigenvalue weighted by Crippen LogP contribution is -2.48. The summed E-state index contributed by atoms with van der Waals surface area (Å²) in [7, 11) is 0. The zero-order valence-electron chi connectivity index (χ0n) is 16.7. The normalized spacial score (nSPS) is 14.8. The van der Waals surface area contributed by atoms with Gasteiger partial charge in [-0.3, -0.25) is 9.59 Å². The summed E-state index contributed by atoms with van der Waals surface area (Å²) in [6, 6.07) is 13.8. The number of hydrogen-bond donors (Lipinski definition) is 1. The fourth-order valence-electron chi connectivity index (χ4n) is 3.22. The van der Waals surface area contributed by atoms with Crippen molar-refractivity contribution in [1.82, 2.24) is 9.80 Å². The molecule has 2 aromatic carbocycles. The molecular formula is C22H27N3O2S. The van der Waals surface area contributed by atoms with Crippen molar-refractivity contribution in [3.05, 3.63) is 53.6 Å². The highest BCUT2D eigenvalue weighted by Gasteiger charge is 2.22. The molecule has 1 N–H and O–H groups in total. The number of piperazine rings is 1. The maximum Gasteiger partial charge on any atom is 0.254 e. The first-order valence-electron chi connectivity index (χ1n) is 9.64. The average molecular weight is 398 g/mol. The minimum Gasteiger partial charge on any atom is -0.336 e. The van der Waals surface area contributed by atoms with Gasteiger partial charge < -0.3 is 15.1 Å². The van der Waals surface area contributed by atoms with Gasteiger partial charge >= 0.3 is 0 Å². The second kappa shape index (κ2) is 9.26. The van der Waals surface area contributed by atoms with Crippen LogP contribution in [0, 0.1) is 6.92 Å². The van der Waals surface area contributed by atoms with Crippen LogP contribution in [0.3, 0.4) is 0 Å². The summed E-state index contributed by atoms with van der Waals surface area (Å²) in [5.41, 5.74) is 2.49. The van der Waals surface area contributed by atoms with Crippen LogP contribution in [0.2, 0.25) is 0 Å². The van der Waals surface area contributed by atoms with E-state index in [0.717, 1.165) is 42.5 Å². The predicted molar refractivity (Wildman–Crippen MR) is 114 cm³/mol. The first kappa shape index (κ1) is 20.4. The lowest BCUT2D eigenvalue weighted by Gasteiger charge is -2.34. The molecule has 0 saturated carbocycles. The summed E-state index contributed by atoms with van der Waals surface area (Å²) >= 11 is 1.58. The van der Waals surface area contributed by atoms with E-state index in [1.807, 2.05) is 17.0 Å². The van der Waals surface area contributed by atoms with E-state index in [0.29, 0.717) is 11.3 Å². The van der Waals surface area contributed by atoms with Crippen LogP contribution in [0.25, 0.3) is 0 Å². The van der Waals surface area contributed by atoms with Gasteiger partial charge in [0.05, 0.1) is 5.69 Å². The van der Waals surface area contributed by atoms with Crippen molar-refractivity contribution in [2.24, 2.45) is 0 Å². The third-order valence-corrected chi connectivity index (χ3v) is 5.98. The minimum atomic E-state index is -0.146. The molecule has 0 radical (unpaired) electrons. The van der Waals surface area contributed by atoms with E-state index in [4.69, 9.17) is 0 Å². The molecule has 1 aliphatic rings. The Balaban J connectivity index is 1.80. The van der Waals surface area contributed by atoms with Crippen LogP contribution in [0.4, 0.5) is 5.69 Å². The van der Waals surface area contributed by atoms with Gasteiger partial charge in [0.1, 0.15) is 0 Å². The maximum absolute atomic E-state index is 12.9. The van der Waals surface area contributed by atoms with Crippen molar-refractivity contribution < 1.29 is 9.59 Å². The lowest BCUT2D eigenvalue weighted by molar-refractivity contribution is -0.114. The first-order valence-corrected chi connectivity index (χ1v) is 10.5. The molecular weight excluding hydrogens is 370 g/mol. The number of hydrogen-bond acceptors (Lipinski definition) is 4. The SMILES string of the molecule is CCN1CCN(C(=O)c2ccc(Sc3ccc(C)cc3)c(NC(C)=O)c2)CC1. The standard InChI is InChI=1S/C22H27N3O2S/c1-4-24-11-13-25(14-12-24)22(27)18-7-10-21(20(15-18)23-17(3)26)28-19-8-5-16(2)6-9-19/h5-10,15H,4,11-14H2,1-3H3,(H,23,26). The van der Waals surface area contributed by atoms with Crippen LogP contribution in [-0.2, 0) is 4.79 Å². The highest BCUT2D eigenvalue weighted by molar-refractivity contribution is 7.99. The van der Waals surface area contributed by atoms with E-state index < -0.39 is 0 Å². The van der Waals surface area contributed by atoms with E-state index in [2.05, 4.69) is 48.3 Å². The number of anilines is 1. The number of nitrogens with zero attached hydrogens (tertiary/aromatic N) is 2. The van der Waals surface area contributed by atoms with Crippen LogP contribution in [0.15, 0.2) is 52.3 Å². The van der Waals surface area contributed by atoms with Gasteiger partial charge in [-0.1, -0.05) is 36.4 Å². The second-order valence-corrected chi connectivity index (χ2v) is 8.15. The molecule has 0 bridgehead atoms. The number of benzene rings is 2. The summed E-state index contributed by atoms with van der Waals surface area (Å²) in [5, 5.41) is 2.88. The molecule has 0 spiro atoms. The monoisotopic (exact) mass is 397 g/mol. The summed E-state index contributed by atoms with van der Waals surface area (Å²) in [6.07, 6.45) is 0. The second-order valence-electron chi connectivity index (χ2n) is 7.03. The van der Waals surface area contributed by atoms with E-state index in [-0.39, 0.29) is 11.8 Å². The van der Waals surface area contributed by atoms with Crippen LogP contribution in [-0.4, -0.2) is 54.3 Å². The quantitative estimate of drug-likeness (QED) is 0.832. The summed E-state index contributed by atoms with van der Waals surface area (Å²) in [5.74, 6) is -0.124. The molecule has 1 saturated heterocycles. The number of carbonyl (C=O) groups excluding carboxylic acids is 2. The summed E-state index contributed by atoms with van der Waals surface area (Å²) in [4.78, 5) is 30.9. The van der Waals surface area contributed by atoms with Gasteiger partial charge in [-0.25, -0.2) is 0 Å². The van der Waals surface area contributed by atoms with Crippen LogP contribution in [0.1, 0.15) is 29.8 Å². The molecule has 28 heavy (non-hydrogen) atoms. The van der Waals surface area contributed by atoms with Crippen molar-refractivity contribution >= 4 is 29.3 Å². The molecule has 1 aliphatic heterocycles. The number of aryl methyl sites for hydroxylation is 1. The predicted octanol–water partition coefficient (Wildman–Crippen LogP) is 3.88. The molecule has 2 amide bonds. The highest BCUT2D eigenvalue weighted by atomic mass is 32.2. The van der Waals surface area contributed by atoms with Crippen molar-refractivity contribution in [3.63, 3.8) is 0 Å². The average Bonchev–Trinajstić information content (AvgIpc) is 2.70. The highest BCUT2D eigenvalue weighted by Crippen LogP contribution is 2.34. The summed E-state index contributed by atoms with van der Waals surface area (Å²) in [6.45, 7) is 9.98. The van der Waals surface area contributed by atoms with Gasteiger partial charge in [0, 0.05) is 48.5 Å². The number of amides is 2. The molecule has 0 unspecified atom stereocenters. The Labute approximate surface area is 171 Å². The van der Waals surface area contributed by atoms with Crippen molar-refractivity contribution in [3.8, 4) is 0 Å². The number of likely N-dealkylation sites (N-methyl/N-ethyl adjacent to an activating group) is 1. The number of nitrogens with one attached hydrogen (secondary N) is 1. The van der Waals surface area contributed by atoms with Gasteiger partial charge in [-0.2, -0.15) is 0 Å². The Hall–Kier alpha value is -2.31. The molecule has 1 heterocycles. The molecule has 3 rings (SSSR count). The van der Waals surface area contributed by atoms with E-state index >= 15 is 0 Å². The molecule has 0 aliphatic carbocycles. The van der Waals surface area contributed by atoms with Gasteiger partial charge in [0.15, 0.2) is 0 Å². The van der Waals surface area contributed by atoms with Crippen LogP contribution in [0.5, 0.6) is 0 Å². The Kier molecular flexibility index (Phi) is 6.75. The molecule has 5 nitrogen and oxygen atoms in total. The van der Waals surface area contributed by atoms with Crippen molar-refractivity contribution in [2.75, 3.05) is 38.0 Å². The molecule has 1 fully saturated rings. The lowest BCUT2D eigenvalue weighted by atomic mass is 10.1. The first-order chi connectivity index (χ1) is 13.5. The number of carbonyl (C=O) groups is 2. The zero-order valence-corrected chi connectivity index (χ0v) is 17.5. The Bertz CT molecular complexity index is 843. The van der Waals surface area contributed by atoms with Crippen molar-refractivity contribution in [1.29, 1.82) is 0 Å². The van der Waals surface area contributed by atoms with Gasteiger partial charge in [0.25, 0.3) is 5.91 Å². The Morgan fingerprint density at radius 3 is 2.32 bits per heavy atom. The summed E-state index contributed by atoms with van der Waals surface area (Å²) < 4.78 is 0. The van der Waals surface area contributed by atoms with E-state index in [9.17, 15) is 9.59 Å². The molecule has 0 atom stereocenters. The van der Waals surface area contributed by atoms with Crippen molar-refractivity contribution in [2.45, 2.75) is 30.6 Å². The van der Waals surface area contributed by atoms with Crippen LogP contribution < -0.4 is 5.32 Å². The van der Waals surface area contributed by atoms with Gasteiger partial charge in [-0.05, 0) is 43.8 Å². The van der Waals surface area contributed by atoms with Crippen LogP contribution >= 0.6 is 11.8 Å². The minimum absolute atomic E-state index is 0.0224. The fourth-order valence-corrected chi connectivity index (χ4v) is 4.10. The molecule has 6 heteroatoms. The Morgan fingerprint density at radius 1 is 1.04 bits per heavy atom. The third-order valence-electron chi connectivity index (χ3n) is 4.89. The van der Waals surface area contributed by atoms with Gasteiger partial charge in [0.2, 0.25) is 5.91 Å².